The Morgan fingerprint density at radius 2 is 2.08 bits per heavy atom. The molecule has 5 heteroatoms. The summed E-state index contributed by atoms with van der Waals surface area (Å²) in [5, 5.41) is 0. The largest absolute Gasteiger partial charge is 0.372 e. The third-order valence-electron chi connectivity index (χ3n) is 1.79. The van der Waals surface area contributed by atoms with E-state index in [1.165, 1.54) is 10.6 Å². The summed E-state index contributed by atoms with van der Waals surface area (Å²) in [5.74, 6) is 0. The number of hydrogen-bond acceptors (Lipinski definition) is 3. The second kappa shape index (κ2) is 3.32. The molecule has 0 aromatic heterocycles. The Kier molecular flexibility index (Phi) is 2.75. The van der Waals surface area contributed by atoms with Gasteiger partial charge in [-0.15, -0.1) is 0 Å². The second-order valence-corrected chi connectivity index (χ2v) is 5.32. The van der Waals surface area contributed by atoms with Crippen LogP contribution in [0.5, 0.6) is 0 Å². The van der Waals surface area contributed by atoms with Gasteiger partial charge in [-0.25, -0.2) is 8.42 Å². The van der Waals surface area contributed by atoms with Crippen molar-refractivity contribution in [2.75, 3.05) is 19.4 Å². The van der Waals surface area contributed by atoms with Gasteiger partial charge in [0, 0.05) is 12.6 Å². The third-order valence-corrected chi connectivity index (χ3v) is 3.21. The molecule has 1 aliphatic heterocycles. The first kappa shape index (κ1) is 9.95. The third kappa shape index (κ3) is 2.73. The summed E-state index contributed by atoms with van der Waals surface area (Å²) in [6.07, 6.45) is 1.36. The number of rotatable bonds is 4. The molecule has 1 rings (SSSR count). The average Bonchev–Trinajstić information content (AvgIpc) is 2.61. The van der Waals surface area contributed by atoms with Crippen LogP contribution in [0.15, 0.2) is 0 Å². The number of nitrogens with zero attached hydrogens (tertiary/aromatic N) is 1. The Bertz CT molecular complexity index is 243. The van der Waals surface area contributed by atoms with E-state index in [4.69, 9.17) is 4.74 Å². The van der Waals surface area contributed by atoms with Crippen LogP contribution in [0.25, 0.3) is 0 Å². The molecule has 0 aliphatic carbocycles. The van der Waals surface area contributed by atoms with Gasteiger partial charge in [-0.2, -0.15) is 4.31 Å². The van der Waals surface area contributed by atoms with E-state index in [1.807, 2.05) is 13.8 Å². The molecule has 1 aliphatic rings. The highest BCUT2D eigenvalue weighted by molar-refractivity contribution is 7.88. The van der Waals surface area contributed by atoms with Gasteiger partial charge in [-0.1, -0.05) is 0 Å². The van der Waals surface area contributed by atoms with Crippen LogP contribution in [0.1, 0.15) is 13.8 Å². The van der Waals surface area contributed by atoms with Crippen molar-refractivity contribution >= 4 is 10.0 Å². The first-order chi connectivity index (χ1) is 5.41. The highest BCUT2D eigenvalue weighted by atomic mass is 32.2. The van der Waals surface area contributed by atoms with Crippen molar-refractivity contribution < 1.29 is 13.2 Å². The molecular weight excluding hydrogens is 178 g/mol. The van der Waals surface area contributed by atoms with Gasteiger partial charge in [-0.3, -0.25) is 0 Å². The normalized spacial score (nSPS) is 23.6. The molecule has 1 atom stereocenters. The van der Waals surface area contributed by atoms with Crippen LogP contribution in [0, 0.1) is 0 Å². The van der Waals surface area contributed by atoms with Crippen molar-refractivity contribution in [1.82, 2.24) is 4.31 Å². The molecule has 0 amide bonds. The van der Waals surface area contributed by atoms with Gasteiger partial charge in [0.1, 0.15) is 0 Å². The summed E-state index contributed by atoms with van der Waals surface area (Å²) in [6, 6.07) is 0.0178. The molecule has 0 saturated carbocycles. The molecule has 0 radical (unpaired) electrons. The summed E-state index contributed by atoms with van der Waals surface area (Å²) >= 11 is 0. The predicted octanol–water partition coefficient (Wildman–Crippen LogP) is 0.0552. The van der Waals surface area contributed by atoms with E-state index in [0.717, 1.165) is 0 Å². The maximum Gasteiger partial charge on any atom is 0.211 e. The number of epoxide rings is 1. The standard InChI is InChI=1S/C7H15NO3S/c1-6(2)8(12(3,9)10)4-7-5-11-7/h6-7H,4-5H2,1-3H3/t7-/m0/s1. The predicted molar refractivity (Wildman–Crippen MR) is 46.4 cm³/mol. The molecule has 1 saturated heterocycles. The summed E-state index contributed by atoms with van der Waals surface area (Å²) in [6.45, 7) is 4.92. The minimum Gasteiger partial charge on any atom is -0.372 e. The lowest BCUT2D eigenvalue weighted by Crippen LogP contribution is -2.38. The first-order valence-electron chi connectivity index (χ1n) is 3.99. The fourth-order valence-corrected chi connectivity index (χ4v) is 2.31. The number of hydrogen-bond donors (Lipinski definition) is 0. The summed E-state index contributed by atoms with van der Waals surface area (Å²) in [5.41, 5.74) is 0. The van der Waals surface area contributed by atoms with Crippen LogP contribution in [-0.4, -0.2) is 44.3 Å². The lowest BCUT2D eigenvalue weighted by Gasteiger charge is -2.22. The first-order valence-corrected chi connectivity index (χ1v) is 5.84. The maximum absolute atomic E-state index is 11.2. The lowest BCUT2D eigenvalue weighted by atomic mass is 10.3. The highest BCUT2D eigenvalue weighted by Gasteiger charge is 2.30. The molecule has 0 N–H and O–H groups in total. The van der Waals surface area contributed by atoms with E-state index in [9.17, 15) is 8.42 Å². The van der Waals surface area contributed by atoms with Crippen molar-refractivity contribution in [3.05, 3.63) is 0 Å². The molecule has 12 heavy (non-hydrogen) atoms. The van der Waals surface area contributed by atoms with Crippen molar-refractivity contribution in [2.24, 2.45) is 0 Å². The van der Waals surface area contributed by atoms with E-state index >= 15 is 0 Å². The van der Waals surface area contributed by atoms with Crippen LogP contribution < -0.4 is 0 Å². The van der Waals surface area contributed by atoms with Crippen LogP contribution in [-0.2, 0) is 14.8 Å². The minimum absolute atomic E-state index is 0.0178. The molecule has 0 spiro atoms. The van der Waals surface area contributed by atoms with Gasteiger partial charge >= 0.3 is 0 Å². The summed E-state index contributed by atoms with van der Waals surface area (Å²) in [7, 11) is -3.07. The zero-order valence-electron chi connectivity index (χ0n) is 7.65. The molecule has 1 fully saturated rings. The molecule has 0 aromatic carbocycles. The molecule has 4 nitrogen and oxygen atoms in total. The molecule has 0 unspecified atom stereocenters. The van der Waals surface area contributed by atoms with Crippen LogP contribution >= 0.6 is 0 Å². The van der Waals surface area contributed by atoms with Crippen molar-refractivity contribution in [2.45, 2.75) is 26.0 Å². The maximum atomic E-state index is 11.2. The Morgan fingerprint density at radius 1 is 1.58 bits per heavy atom. The van der Waals surface area contributed by atoms with Gasteiger partial charge in [0.05, 0.1) is 19.0 Å². The van der Waals surface area contributed by atoms with Gasteiger partial charge in [-0.05, 0) is 13.8 Å². The smallest absolute Gasteiger partial charge is 0.211 e. The van der Waals surface area contributed by atoms with E-state index in [1.54, 1.807) is 0 Å². The Morgan fingerprint density at radius 3 is 2.33 bits per heavy atom. The zero-order valence-corrected chi connectivity index (χ0v) is 8.47. The number of sulfonamides is 1. The lowest BCUT2D eigenvalue weighted by molar-refractivity contribution is 0.305. The highest BCUT2D eigenvalue weighted by Crippen LogP contribution is 2.15. The second-order valence-electron chi connectivity index (χ2n) is 3.38. The van der Waals surface area contributed by atoms with Gasteiger partial charge in [0.15, 0.2) is 0 Å². The van der Waals surface area contributed by atoms with E-state index < -0.39 is 10.0 Å². The topological polar surface area (TPSA) is 49.9 Å². The quantitative estimate of drug-likeness (QED) is 0.593. The summed E-state index contributed by atoms with van der Waals surface area (Å²) in [4.78, 5) is 0. The molecule has 0 bridgehead atoms. The van der Waals surface area contributed by atoms with Crippen molar-refractivity contribution in [3.63, 3.8) is 0 Å². The summed E-state index contributed by atoms with van der Waals surface area (Å²) < 4.78 is 28.9. The monoisotopic (exact) mass is 193 g/mol. The molecule has 72 valence electrons. The molecular formula is C7H15NO3S. The Labute approximate surface area is 73.6 Å². The zero-order chi connectivity index (χ0) is 9.35. The minimum atomic E-state index is -3.07. The van der Waals surface area contributed by atoms with Crippen molar-refractivity contribution in [1.29, 1.82) is 0 Å². The Hall–Kier alpha value is -0.130. The van der Waals surface area contributed by atoms with Crippen LogP contribution in [0.3, 0.4) is 0 Å². The average molecular weight is 193 g/mol. The Balaban J connectivity index is 2.60. The van der Waals surface area contributed by atoms with Crippen LogP contribution in [0.4, 0.5) is 0 Å². The van der Waals surface area contributed by atoms with Gasteiger partial charge in [0.2, 0.25) is 10.0 Å². The van der Waals surface area contributed by atoms with E-state index in [0.29, 0.717) is 13.2 Å². The van der Waals surface area contributed by atoms with Gasteiger partial charge in [0.25, 0.3) is 0 Å². The fraction of sp³-hybridized carbons (Fsp3) is 1.00. The van der Waals surface area contributed by atoms with E-state index in [-0.39, 0.29) is 12.1 Å². The molecule has 1 heterocycles. The van der Waals surface area contributed by atoms with Crippen LogP contribution in [0.2, 0.25) is 0 Å². The molecule has 0 aromatic rings. The fourth-order valence-electron chi connectivity index (χ4n) is 1.10. The van der Waals surface area contributed by atoms with Gasteiger partial charge < -0.3 is 4.74 Å². The number of ether oxygens (including phenoxy) is 1. The van der Waals surface area contributed by atoms with E-state index in [2.05, 4.69) is 0 Å². The van der Waals surface area contributed by atoms with Crippen molar-refractivity contribution in [3.8, 4) is 0 Å². The SMILES string of the molecule is CC(C)N(C[C@H]1CO1)S(C)(=O)=O.